The molecule has 0 atom stereocenters. The molecular formula is C9H10BrClN2O3S. The average Bonchev–Trinajstić information content (AvgIpc) is 2.19. The molecule has 94 valence electrons. The van der Waals surface area contributed by atoms with E-state index in [2.05, 4.69) is 26.2 Å². The van der Waals surface area contributed by atoms with Gasteiger partial charge in [-0.1, -0.05) is 11.6 Å². The minimum Gasteiger partial charge on any atom is -0.351 e. The van der Waals surface area contributed by atoms with E-state index in [-0.39, 0.29) is 23.0 Å². The Kier molecular flexibility index (Phi) is 4.91. The van der Waals surface area contributed by atoms with E-state index in [4.69, 9.17) is 11.6 Å². The van der Waals surface area contributed by atoms with Crippen LogP contribution < -0.4 is 5.32 Å². The molecule has 17 heavy (non-hydrogen) atoms. The van der Waals surface area contributed by atoms with Gasteiger partial charge in [0.05, 0.1) is 11.3 Å². The van der Waals surface area contributed by atoms with Crippen LogP contribution >= 0.6 is 27.5 Å². The number of hydrogen-bond acceptors (Lipinski definition) is 4. The molecule has 0 radical (unpaired) electrons. The molecule has 0 aliphatic carbocycles. The van der Waals surface area contributed by atoms with Gasteiger partial charge in [-0.05, 0) is 22.0 Å². The minimum atomic E-state index is -3.09. The molecule has 0 saturated carbocycles. The van der Waals surface area contributed by atoms with E-state index in [0.717, 1.165) is 6.26 Å². The molecule has 0 fully saturated rings. The summed E-state index contributed by atoms with van der Waals surface area (Å²) in [6.07, 6.45) is 2.57. The van der Waals surface area contributed by atoms with Crippen LogP contribution in [0.2, 0.25) is 5.15 Å². The van der Waals surface area contributed by atoms with Crippen molar-refractivity contribution in [1.29, 1.82) is 0 Å². The fourth-order valence-electron chi connectivity index (χ4n) is 1.03. The smallest absolute Gasteiger partial charge is 0.254 e. The Morgan fingerprint density at radius 1 is 1.59 bits per heavy atom. The minimum absolute atomic E-state index is 0.0422. The van der Waals surface area contributed by atoms with Crippen LogP contribution in [0.25, 0.3) is 0 Å². The molecule has 1 amide bonds. The van der Waals surface area contributed by atoms with Crippen molar-refractivity contribution in [2.75, 3.05) is 18.6 Å². The number of amides is 1. The van der Waals surface area contributed by atoms with Crippen molar-refractivity contribution in [2.45, 2.75) is 0 Å². The van der Waals surface area contributed by atoms with E-state index in [0.29, 0.717) is 4.47 Å². The third-order valence-corrected chi connectivity index (χ3v) is 3.49. The van der Waals surface area contributed by atoms with Crippen LogP contribution in [-0.2, 0) is 9.84 Å². The number of nitrogens with zero attached hydrogens (tertiary/aromatic N) is 1. The molecule has 1 aromatic heterocycles. The lowest BCUT2D eigenvalue weighted by molar-refractivity contribution is 0.0956. The van der Waals surface area contributed by atoms with Crippen LogP contribution in [0, 0.1) is 0 Å². The van der Waals surface area contributed by atoms with Gasteiger partial charge in [-0.15, -0.1) is 0 Å². The lowest BCUT2D eigenvalue weighted by Gasteiger charge is -2.05. The molecule has 0 unspecified atom stereocenters. The van der Waals surface area contributed by atoms with Gasteiger partial charge in [-0.3, -0.25) is 4.79 Å². The Balaban J connectivity index is 2.67. The third kappa shape index (κ3) is 5.01. The van der Waals surface area contributed by atoms with E-state index in [1.54, 1.807) is 0 Å². The molecule has 1 heterocycles. The van der Waals surface area contributed by atoms with Crippen LogP contribution in [0.1, 0.15) is 10.4 Å². The second kappa shape index (κ2) is 5.79. The maximum atomic E-state index is 11.7. The zero-order valence-corrected chi connectivity index (χ0v) is 12.1. The zero-order chi connectivity index (χ0) is 13.1. The Morgan fingerprint density at radius 2 is 2.24 bits per heavy atom. The Morgan fingerprint density at radius 3 is 2.82 bits per heavy atom. The fourth-order valence-corrected chi connectivity index (χ4v) is 2.02. The van der Waals surface area contributed by atoms with Crippen LogP contribution in [0.3, 0.4) is 0 Å². The van der Waals surface area contributed by atoms with Gasteiger partial charge in [0.1, 0.15) is 15.0 Å². The van der Waals surface area contributed by atoms with E-state index in [1.807, 2.05) is 0 Å². The highest BCUT2D eigenvalue weighted by Gasteiger charge is 2.12. The number of rotatable bonds is 4. The largest absolute Gasteiger partial charge is 0.351 e. The van der Waals surface area contributed by atoms with Crippen molar-refractivity contribution < 1.29 is 13.2 Å². The number of pyridine rings is 1. The van der Waals surface area contributed by atoms with Gasteiger partial charge in [0.2, 0.25) is 0 Å². The van der Waals surface area contributed by atoms with Gasteiger partial charge < -0.3 is 5.32 Å². The topological polar surface area (TPSA) is 76.1 Å². The molecule has 0 aromatic carbocycles. The summed E-state index contributed by atoms with van der Waals surface area (Å²) in [6, 6.07) is 1.52. The van der Waals surface area contributed by atoms with Gasteiger partial charge in [-0.2, -0.15) is 0 Å². The van der Waals surface area contributed by atoms with Gasteiger partial charge in [0, 0.05) is 23.5 Å². The number of sulfone groups is 1. The molecule has 0 aliphatic heterocycles. The molecule has 1 aromatic rings. The van der Waals surface area contributed by atoms with Crippen molar-refractivity contribution in [2.24, 2.45) is 0 Å². The molecule has 5 nitrogen and oxygen atoms in total. The third-order valence-electron chi connectivity index (χ3n) is 1.81. The van der Waals surface area contributed by atoms with Crippen molar-refractivity contribution >= 4 is 43.3 Å². The first-order chi connectivity index (χ1) is 7.79. The number of halogens is 2. The summed E-state index contributed by atoms with van der Waals surface area (Å²) < 4.78 is 22.4. The number of carbonyl (C=O) groups is 1. The average molecular weight is 342 g/mol. The van der Waals surface area contributed by atoms with Gasteiger partial charge >= 0.3 is 0 Å². The summed E-state index contributed by atoms with van der Waals surface area (Å²) in [7, 11) is -3.09. The first-order valence-electron chi connectivity index (χ1n) is 4.56. The highest BCUT2D eigenvalue weighted by molar-refractivity contribution is 9.10. The first kappa shape index (κ1) is 14.4. The van der Waals surface area contributed by atoms with E-state index in [1.165, 1.54) is 12.3 Å². The predicted octanol–water partition coefficient (Wildman–Crippen LogP) is 1.27. The lowest BCUT2D eigenvalue weighted by atomic mass is 10.3. The zero-order valence-electron chi connectivity index (χ0n) is 8.91. The summed E-state index contributed by atoms with van der Waals surface area (Å²) in [5.41, 5.74) is 0.203. The van der Waals surface area contributed by atoms with Crippen molar-refractivity contribution in [3.05, 3.63) is 27.5 Å². The Bertz CT molecular complexity index is 533. The maximum absolute atomic E-state index is 11.7. The number of aromatic nitrogens is 1. The van der Waals surface area contributed by atoms with E-state index < -0.39 is 15.7 Å². The predicted molar refractivity (Wildman–Crippen MR) is 69.0 cm³/mol. The molecule has 0 saturated heterocycles. The Hall–Kier alpha value is -0.660. The standard InChI is InChI=1S/C9H10BrClN2O3S/c1-17(15,16)3-2-12-9(14)7-4-6(10)5-13-8(7)11/h4-5H,2-3H2,1H3,(H,12,14). The van der Waals surface area contributed by atoms with Crippen LogP contribution in [0.4, 0.5) is 0 Å². The van der Waals surface area contributed by atoms with Crippen molar-refractivity contribution in [3.63, 3.8) is 0 Å². The summed E-state index contributed by atoms with van der Waals surface area (Å²) in [5, 5.41) is 2.53. The normalized spacial score (nSPS) is 11.2. The second-order valence-electron chi connectivity index (χ2n) is 3.38. The van der Waals surface area contributed by atoms with E-state index in [9.17, 15) is 13.2 Å². The SMILES string of the molecule is CS(=O)(=O)CCNC(=O)c1cc(Br)cnc1Cl. The van der Waals surface area contributed by atoms with Gasteiger partial charge in [-0.25, -0.2) is 13.4 Å². The molecule has 1 rings (SSSR count). The quantitative estimate of drug-likeness (QED) is 0.837. The van der Waals surface area contributed by atoms with Crippen molar-refractivity contribution in [3.8, 4) is 0 Å². The summed E-state index contributed by atoms with van der Waals surface area (Å²) >= 11 is 8.92. The highest BCUT2D eigenvalue weighted by atomic mass is 79.9. The number of nitrogens with one attached hydrogen (secondary N) is 1. The molecule has 0 spiro atoms. The molecular weight excluding hydrogens is 332 g/mol. The maximum Gasteiger partial charge on any atom is 0.254 e. The molecule has 8 heteroatoms. The second-order valence-corrected chi connectivity index (χ2v) is 6.91. The van der Waals surface area contributed by atoms with Gasteiger partial charge in [0.25, 0.3) is 5.91 Å². The number of hydrogen-bond donors (Lipinski definition) is 1. The molecule has 0 bridgehead atoms. The monoisotopic (exact) mass is 340 g/mol. The van der Waals surface area contributed by atoms with Crippen LogP contribution in [0.5, 0.6) is 0 Å². The summed E-state index contributed by atoms with van der Waals surface area (Å²) in [6.45, 7) is 0.0422. The summed E-state index contributed by atoms with van der Waals surface area (Å²) in [4.78, 5) is 15.4. The summed E-state index contributed by atoms with van der Waals surface area (Å²) in [5.74, 6) is -0.565. The molecule has 0 aliphatic rings. The van der Waals surface area contributed by atoms with Crippen LogP contribution in [-0.4, -0.2) is 37.9 Å². The highest BCUT2D eigenvalue weighted by Crippen LogP contribution is 2.17. The van der Waals surface area contributed by atoms with E-state index >= 15 is 0 Å². The number of carbonyl (C=O) groups excluding carboxylic acids is 1. The lowest BCUT2D eigenvalue weighted by Crippen LogP contribution is -2.29. The Labute approximate surface area is 113 Å². The van der Waals surface area contributed by atoms with Crippen molar-refractivity contribution in [1.82, 2.24) is 10.3 Å². The fraction of sp³-hybridized carbons (Fsp3) is 0.333. The first-order valence-corrected chi connectivity index (χ1v) is 7.80. The van der Waals surface area contributed by atoms with Crippen LogP contribution in [0.15, 0.2) is 16.7 Å². The van der Waals surface area contributed by atoms with Gasteiger partial charge in [0.15, 0.2) is 0 Å². The molecule has 1 N–H and O–H groups in total.